The second-order valence-electron chi connectivity index (χ2n) is 4.35. The van der Waals surface area contributed by atoms with Gasteiger partial charge in [0.15, 0.2) is 0 Å². The lowest BCUT2D eigenvalue weighted by Crippen LogP contribution is -2.29. The number of para-hydroxylation sites is 1. The molecule has 1 amide bonds. The summed E-state index contributed by atoms with van der Waals surface area (Å²) < 4.78 is 0. The summed E-state index contributed by atoms with van der Waals surface area (Å²) in [7, 11) is 1.72. The highest BCUT2D eigenvalue weighted by Gasteiger charge is 2.09. The van der Waals surface area contributed by atoms with Crippen LogP contribution in [-0.2, 0) is 4.79 Å². The Bertz CT molecular complexity index is 651. The molecular weight excluding hydrogens is 270 g/mol. The summed E-state index contributed by atoms with van der Waals surface area (Å²) in [5.74, 6) is 0.355. The fraction of sp³-hybridized carbons (Fsp3) is 0.267. The summed E-state index contributed by atoms with van der Waals surface area (Å²) >= 11 is 1.42. The van der Waals surface area contributed by atoms with Gasteiger partial charge in [0.2, 0.25) is 5.91 Å². The van der Waals surface area contributed by atoms with E-state index in [0.717, 1.165) is 15.9 Å². The summed E-state index contributed by atoms with van der Waals surface area (Å²) in [6.07, 6.45) is 0.362. The molecule has 102 valence electrons. The Morgan fingerprint density at radius 1 is 1.35 bits per heavy atom. The minimum absolute atomic E-state index is 0.0141. The molecule has 20 heavy (non-hydrogen) atoms. The van der Waals surface area contributed by atoms with E-state index in [1.807, 2.05) is 42.5 Å². The fourth-order valence-electron chi connectivity index (χ4n) is 1.72. The number of nitrogens with zero attached hydrogens (tertiary/aromatic N) is 3. The number of thioether (sulfide) groups is 1. The third-order valence-corrected chi connectivity index (χ3v) is 3.82. The van der Waals surface area contributed by atoms with Crippen molar-refractivity contribution in [1.29, 1.82) is 5.26 Å². The van der Waals surface area contributed by atoms with Crippen LogP contribution >= 0.6 is 11.8 Å². The number of nitriles is 1. The van der Waals surface area contributed by atoms with Crippen LogP contribution in [0.4, 0.5) is 0 Å². The maximum atomic E-state index is 11.9. The molecule has 0 bridgehead atoms. The average Bonchev–Trinajstić information content (AvgIpc) is 2.50. The lowest BCUT2D eigenvalue weighted by molar-refractivity contribution is -0.127. The number of rotatable bonds is 5. The Morgan fingerprint density at radius 2 is 2.15 bits per heavy atom. The van der Waals surface area contributed by atoms with E-state index in [1.165, 1.54) is 11.8 Å². The molecule has 0 fully saturated rings. The average molecular weight is 285 g/mol. The first kappa shape index (κ1) is 14.4. The normalized spacial score (nSPS) is 10.2. The van der Waals surface area contributed by atoms with Gasteiger partial charge in [-0.05, 0) is 12.1 Å². The smallest absolute Gasteiger partial charge is 0.232 e. The van der Waals surface area contributed by atoms with E-state index in [1.54, 1.807) is 11.9 Å². The van der Waals surface area contributed by atoms with Gasteiger partial charge in [-0.2, -0.15) is 5.26 Å². The Labute approximate surface area is 122 Å². The quantitative estimate of drug-likeness (QED) is 0.793. The number of hydrogen-bond acceptors (Lipinski definition) is 4. The van der Waals surface area contributed by atoms with Crippen molar-refractivity contribution in [2.75, 3.05) is 19.3 Å². The molecule has 0 aliphatic heterocycles. The van der Waals surface area contributed by atoms with Crippen LogP contribution in [0.25, 0.3) is 10.9 Å². The highest BCUT2D eigenvalue weighted by Crippen LogP contribution is 2.20. The van der Waals surface area contributed by atoms with E-state index >= 15 is 0 Å². The molecule has 0 aliphatic rings. The number of fused-ring (bicyclic) bond motifs is 1. The van der Waals surface area contributed by atoms with Gasteiger partial charge in [-0.1, -0.05) is 36.0 Å². The second-order valence-corrected chi connectivity index (χ2v) is 5.35. The molecule has 2 aromatic rings. The van der Waals surface area contributed by atoms with Gasteiger partial charge in [0.25, 0.3) is 0 Å². The van der Waals surface area contributed by atoms with E-state index in [-0.39, 0.29) is 5.91 Å². The number of carbonyl (C=O) groups is 1. The van der Waals surface area contributed by atoms with Crippen LogP contribution < -0.4 is 0 Å². The molecule has 2 rings (SSSR count). The Morgan fingerprint density at radius 3 is 2.95 bits per heavy atom. The van der Waals surface area contributed by atoms with E-state index in [2.05, 4.69) is 4.98 Å². The maximum Gasteiger partial charge on any atom is 0.232 e. The number of pyridine rings is 1. The molecule has 1 heterocycles. The minimum atomic E-state index is 0.0141. The molecule has 0 saturated carbocycles. The number of carbonyl (C=O) groups excluding carboxylic acids is 1. The van der Waals surface area contributed by atoms with Gasteiger partial charge >= 0.3 is 0 Å². The molecule has 0 spiro atoms. The summed E-state index contributed by atoms with van der Waals surface area (Å²) in [6, 6.07) is 13.9. The van der Waals surface area contributed by atoms with E-state index in [4.69, 9.17) is 5.26 Å². The van der Waals surface area contributed by atoms with Crippen molar-refractivity contribution in [3.63, 3.8) is 0 Å². The lowest BCUT2D eigenvalue weighted by Gasteiger charge is -2.14. The van der Waals surface area contributed by atoms with Crippen molar-refractivity contribution in [2.45, 2.75) is 11.4 Å². The zero-order chi connectivity index (χ0) is 14.4. The molecule has 0 N–H and O–H groups in total. The van der Waals surface area contributed by atoms with Crippen LogP contribution in [-0.4, -0.2) is 35.1 Å². The second kappa shape index (κ2) is 6.92. The van der Waals surface area contributed by atoms with Gasteiger partial charge < -0.3 is 4.90 Å². The third-order valence-electron chi connectivity index (χ3n) is 2.90. The minimum Gasteiger partial charge on any atom is -0.344 e. The predicted octanol–water partition coefficient (Wildman–Crippen LogP) is 2.70. The van der Waals surface area contributed by atoms with Crippen molar-refractivity contribution >= 4 is 28.6 Å². The molecule has 4 nitrogen and oxygen atoms in total. The van der Waals surface area contributed by atoms with Crippen LogP contribution in [0.3, 0.4) is 0 Å². The first-order valence-electron chi connectivity index (χ1n) is 6.30. The Hall–Kier alpha value is -2.06. The predicted molar refractivity (Wildman–Crippen MR) is 80.3 cm³/mol. The van der Waals surface area contributed by atoms with Crippen LogP contribution in [0.1, 0.15) is 6.42 Å². The zero-order valence-corrected chi connectivity index (χ0v) is 12.1. The SMILES string of the molecule is CN(CCC#N)C(=O)CSc1ccc2ccccc2n1. The molecule has 0 aliphatic carbocycles. The summed E-state index contributed by atoms with van der Waals surface area (Å²) in [4.78, 5) is 17.9. The summed E-state index contributed by atoms with van der Waals surface area (Å²) in [5.41, 5.74) is 0.933. The number of amides is 1. The first-order valence-corrected chi connectivity index (χ1v) is 7.29. The molecule has 0 saturated heterocycles. The van der Waals surface area contributed by atoms with Crippen LogP contribution in [0.2, 0.25) is 0 Å². The molecule has 1 aromatic carbocycles. The number of benzene rings is 1. The van der Waals surface area contributed by atoms with Gasteiger partial charge in [0.05, 0.1) is 28.8 Å². The third kappa shape index (κ3) is 3.72. The van der Waals surface area contributed by atoms with Gasteiger partial charge in [0, 0.05) is 19.0 Å². The number of aromatic nitrogens is 1. The number of hydrogen-bond donors (Lipinski definition) is 0. The van der Waals surface area contributed by atoms with E-state index < -0.39 is 0 Å². The van der Waals surface area contributed by atoms with Crippen molar-refractivity contribution < 1.29 is 4.79 Å². The van der Waals surface area contributed by atoms with Crippen molar-refractivity contribution in [1.82, 2.24) is 9.88 Å². The van der Waals surface area contributed by atoms with Gasteiger partial charge in [0.1, 0.15) is 0 Å². The van der Waals surface area contributed by atoms with E-state index in [0.29, 0.717) is 18.7 Å². The highest BCUT2D eigenvalue weighted by atomic mass is 32.2. The van der Waals surface area contributed by atoms with Crippen molar-refractivity contribution in [3.8, 4) is 6.07 Å². The summed E-state index contributed by atoms with van der Waals surface area (Å²) in [5, 5.41) is 10.4. The molecule has 1 aromatic heterocycles. The topological polar surface area (TPSA) is 57.0 Å². The van der Waals surface area contributed by atoms with E-state index in [9.17, 15) is 4.79 Å². The van der Waals surface area contributed by atoms with Gasteiger partial charge in [-0.25, -0.2) is 4.98 Å². The van der Waals surface area contributed by atoms with Crippen LogP contribution in [0, 0.1) is 11.3 Å². The highest BCUT2D eigenvalue weighted by molar-refractivity contribution is 7.99. The van der Waals surface area contributed by atoms with Crippen molar-refractivity contribution in [3.05, 3.63) is 36.4 Å². The first-order chi connectivity index (χ1) is 9.70. The lowest BCUT2D eigenvalue weighted by atomic mass is 10.2. The van der Waals surface area contributed by atoms with Gasteiger partial charge in [-0.15, -0.1) is 0 Å². The van der Waals surface area contributed by atoms with Crippen LogP contribution in [0.5, 0.6) is 0 Å². The Balaban J connectivity index is 1.95. The molecule has 0 radical (unpaired) electrons. The Kier molecular flexibility index (Phi) is 4.97. The molecule has 5 heteroatoms. The van der Waals surface area contributed by atoms with Crippen molar-refractivity contribution in [2.24, 2.45) is 0 Å². The molecule has 0 atom stereocenters. The largest absolute Gasteiger partial charge is 0.344 e. The standard InChI is InChI=1S/C15H15N3OS/c1-18(10-4-9-16)15(19)11-20-14-8-7-12-5-2-3-6-13(12)17-14/h2-3,5-8H,4,10-11H2,1H3. The fourth-order valence-corrected chi connectivity index (χ4v) is 2.53. The van der Waals surface area contributed by atoms with Gasteiger partial charge in [-0.3, -0.25) is 4.79 Å². The maximum absolute atomic E-state index is 11.9. The summed E-state index contributed by atoms with van der Waals surface area (Å²) in [6.45, 7) is 0.473. The van der Waals surface area contributed by atoms with Crippen LogP contribution in [0.15, 0.2) is 41.4 Å². The molecule has 0 unspecified atom stereocenters. The zero-order valence-electron chi connectivity index (χ0n) is 11.2. The monoisotopic (exact) mass is 285 g/mol. The molecular formula is C15H15N3OS.